The van der Waals surface area contributed by atoms with Crippen molar-refractivity contribution in [1.82, 2.24) is 0 Å². The second-order valence-electron chi connectivity index (χ2n) is 6.43. The molecule has 0 bridgehead atoms. The van der Waals surface area contributed by atoms with Gasteiger partial charge in [-0.15, -0.1) is 0 Å². The van der Waals surface area contributed by atoms with Gasteiger partial charge in [0.1, 0.15) is 6.10 Å². The number of hydrogen-bond acceptors (Lipinski definition) is 3. The lowest BCUT2D eigenvalue weighted by Gasteiger charge is -2.36. The molecule has 0 radical (unpaired) electrons. The maximum atomic E-state index is 11.3. The summed E-state index contributed by atoms with van der Waals surface area (Å²) in [5.41, 5.74) is 2.96. The minimum Gasteiger partial charge on any atom is -0.478 e. The van der Waals surface area contributed by atoms with Crippen LogP contribution < -0.4 is 0 Å². The molecule has 2 aliphatic carbocycles. The number of carboxylic acid groups (broad SMARTS) is 1. The Hall–Kier alpha value is -1.58. The summed E-state index contributed by atoms with van der Waals surface area (Å²) in [5.74, 6) is -0.219. The Morgan fingerprint density at radius 2 is 1.95 bits per heavy atom. The van der Waals surface area contributed by atoms with E-state index in [9.17, 15) is 9.59 Å². The van der Waals surface area contributed by atoms with Crippen molar-refractivity contribution < 1.29 is 19.4 Å². The van der Waals surface area contributed by atoms with Crippen molar-refractivity contribution in [2.45, 2.75) is 53.1 Å². The number of fused-ring (bicyclic) bond motifs is 1. The van der Waals surface area contributed by atoms with Gasteiger partial charge in [-0.1, -0.05) is 24.1 Å². The van der Waals surface area contributed by atoms with Crippen molar-refractivity contribution in [1.29, 1.82) is 0 Å². The highest BCUT2D eigenvalue weighted by Gasteiger charge is 2.43. The lowest BCUT2D eigenvalue weighted by Crippen LogP contribution is -2.33. The van der Waals surface area contributed by atoms with Crippen molar-refractivity contribution >= 4 is 11.9 Å². The van der Waals surface area contributed by atoms with Gasteiger partial charge in [0.05, 0.1) is 0 Å². The van der Waals surface area contributed by atoms with E-state index >= 15 is 0 Å². The van der Waals surface area contributed by atoms with E-state index in [-0.39, 0.29) is 23.9 Å². The summed E-state index contributed by atoms with van der Waals surface area (Å²) in [6.45, 7) is 7.38. The van der Waals surface area contributed by atoms with Gasteiger partial charge in [0.2, 0.25) is 0 Å². The number of esters is 1. The van der Waals surface area contributed by atoms with Crippen LogP contribution in [0.2, 0.25) is 0 Å². The van der Waals surface area contributed by atoms with E-state index in [2.05, 4.69) is 13.8 Å². The molecule has 0 aromatic heterocycles. The monoisotopic (exact) mass is 292 g/mol. The van der Waals surface area contributed by atoms with Crippen molar-refractivity contribution in [3.63, 3.8) is 0 Å². The first-order chi connectivity index (χ1) is 9.81. The molecule has 2 rings (SSSR count). The molecule has 4 heteroatoms. The normalized spacial score (nSPS) is 32.9. The molecule has 21 heavy (non-hydrogen) atoms. The zero-order chi connectivity index (χ0) is 15.7. The number of carbonyl (C=O) groups is 2. The highest BCUT2D eigenvalue weighted by atomic mass is 16.5. The van der Waals surface area contributed by atoms with Gasteiger partial charge >= 0.3 is 11.9 Å². The Balaban J connectivity index is 2.29. The molecule has 116 valence electrons. The van der Waals surface area contributed by atoms with Gasteiger partial charge in [-0.25, -0.2) is 4.79 Å². The maximum Gasteiger partial charge on any atom is 0.330 e. The van der Waals surface area contributed by atoms with E-state index in [1.807, 2.05) is 6.08 Å². The van der Waals surface area contributed by atoms with Gasteiger partial charge in [-0.3, -0.25) is 4.79 Å². The van der Waals surface area contributed by atoms with Crippen LogP contribution in [0.25, 0.3) is 0 Å². The van der Waals surface area contributed by atoms with E-state index in [1.54, 1.807) is 6.92 Å². The maximum absolute atomic E-state index is 11.3. The standard InChI is InChI=1S/C17H24O4/c1-9-5-6-13(7-11(3)17(19)20)15-10(2)8-14(16(9)15)21-12(4)18/h7,9,13-14,16H,5-6,8H2,1-4H3,(H,19,20)/b11-7+/t9-,13+,14-,16+/m1/s1. The van der Waals surface area contributed by atoms with Crippen LogP contribution in [0.3, 0.4) is 0 Å². The smallest absolute Gasteiger partial charge is 0.330 e. The topological polar surface area (TPSA) is 63.6 Å². The molecule has 1 N–H and O–H groups in total. The van der Waals surface area contributed by atoms with E-state index < -0.39 is 5.97 Å². The number of hydrogen-bond donors (Lipinski definition) is 1. The Labute approximate surface area is 125 Å². The molecule has 4 nitrogen and oxygen atoms in total. The molecule has 2 aliphatic rings. The largest absolute Gasteiger partial charge is 0.478 e. The summed E-state index contributed by atoms with van der Waals surface area (Å²) in [6, 6.07) is 0. The van der Waals surface area contributed by atoms with Gasteiger partial charge in [-0.2, -0.15) is 0 Å². The average Bonchev–Trinajstić information content (AvgIpc) is 2.69. The Morgan fingerprint density at radius 1 is 1.29 bits per heavy atom. The third-order valence-electron chi connectivity index (χ3n) is 4.81. The van der Waals surface area contributed by atoms with Crippen LogP contribution >= 0.6 is 0 Å². The Morgan fingerprint density at radius 3 is 2.52 bits per heavy atom. The molecule has 1 fully saturated rings. The fourth-order valence-corrected chi connectivity index (χ4v) is 3.92. The van der Waals surface area contributed by atoms with Gasteiger partial charge in [0.15, 0.2) is 0 Å². The molecule has 0 aromatic carbocycles. The number of allylic oxidation sites excluding steroid dienone is 1. The fourth-order valence-electron chi connectivity index (χ4n) is 3.92. The third kappa shape index (κ3) is 3.20. The number of aliphatic carboxylic acids is 1. The second-order valence-corrected chi connectivity index (χ2v) is 6.43. The first kappa shape index (κ1) is 15.8. The average molecular weight is 292 g/mol. The first-order valence-electron chi connectivity index (χ1n) is 7.59. The van der Waals surface area contributed by atoms with Crippen LogP contribution in [-0.2, 0) is 14.3 Å². The second kappa shape index (κ2) is 6.04. The number of ether oxygens (including phenoxy) is 1. The summed E-state index contributed by atoms with van der Waals surface area (Å²) >= 11 is 0. The molecule has 0 unspecified atom stereocenters. The van der Waals surface area contributed by atoms with Crippen LogP contribution in [-0.4, -0.2) is 23.1 Å². The summed E-state index contributed by atoms with van der Waals surface area (Å²) in [6.07, 6.45) is 4.58. The third-order valence-corrected chi connectivity index (χ3v) is 4.81. The molecule has 4 atom stereocenters. The highest BCUT2D eigenvalue weighted by molar-refractivity contribution is 5.85. The fraction of sp³-hybridized carbons (Fsp3) is 0.647. The lowest BCUT2D eigenvalue weighted by molar-refractivity contribution is -0.148. The van der Waals surface area contributed by atoms with Gasteiger partial charge in [-0.05, 0) is 38.5 Å². The Bertz CT molecular complexity index is 515. The molecule has 0 saturated heterocycles. The minimum absolute atomic E-state index is 0.0752. The summed E-state index contributed by atoms with van der Waals surface area (Å²) in [5, 5.41) is 9.09. The molecule has 0 amide bonds. The van der Waals surface area contributed by atoms with Crippen molar-refractivity contribution in [3.05, 3.63) is 22.8 Å². The summed E-state index contributed by atoms with van der Waals surface area (Å²) in [4.78, 5) is 22.4. The number of carbonyl (C=O) groups excluding carboxylic acids is 1. The van der Waals surface area contributed by atoms with Gasteiger partial charge < -0.3 is 9.84 Å². The summed E-state index contributed by atoms with van der Waals surface area (Å²) in [7, 11) is 0. The first-order valence-corrected chi connectivity index (χ1v) is 7.59. The highest BCUT2D eigenvalue weighted by Crippen LogP contribution is 2.49. The van der Waals surface area contributed by atoms with Crippen molar-refractivity contribution in [3.8, 4) is 0 Å². The van der Waals surface area contributed by atoms with Crippen molar-refractivity contribution in [2.75, 3.05) is 0 Å². The van der Waals surface area contributed by atoms with Crippen molar-refractivity contribution in [2.24, 2.45) is 17.8 Å². The molecule has 0 aliphatic heterocycles. The molecular formula is C17H24O4. The van der Waals surface area contributed by atoms with Gasteiger partial charge in [0, 0.05) is 24.8 Å². The predicted octanol–water partition coefficient (Wildman–Crippen LogP) is 3.33. The zero-order valence-corrected chi connectivity index (χ0v) is 13.2. The number of rotatable bonds is 3. The number of carboxylic acids is 1. The molecule has 0 heterocycles. The quantitative estimate of drug-likeness (QED) is 0.492. The molecular weight excluding hydrogens is 268 g/mol. The van der Waals surface area contributed by atoms with E-state index in [0.717, 1.165) is 19.3 Å². The van der Waals surface area contributed by atoms with Crippen LogP contribution in [0.5, 0.6) is 0 Å². The van der Waals surface area contributed by atoms with E-state index in [4.69, 9.17) is 9.84 Å². The van der Waals surface area contributed by atoms with Crippen LogP contribution in [0, 0.1) is 17.8 Å². The predicted molar refractivity (Wildman–Crippen MR) is 79.6 cm³/mol. The SMILES string of the molecule is CC(=O)O[C@@H]1CC(C)=C2[C@H]1[C@H](C)CC[C@H]2/C=C(\C)C(=O)O. The molecule has 0 aromatic rings. The van der Waals surface area contributed by atoms with E-state index in [0.29, 0.717) is 11.5 Å². The molecule has 0 spiro atoms. The van der Waals surface area contributed by atoms with Crippen LogP contribution in [0.15, 0.2) is 22.8 Å². The van der Waals surface area contributed by atoms with Crippen LogP contribution in [0.1, 0.15) is 47.0 Å². The molecule has 1 saturated carbocycles. The zero-order valence-electron chi connectivity index (χ0n) is 13.2. The lowest BCUT2D eigenvalue weighted by atomic mass is 9.70. The summed E-state index contributed by atoms with van der Waals surface area (Å²) < 4.78 is 5.50. The van der Waals surface area contributed by atoms with Crippen LogP contribution in [0.4, 0.5) is 0 Å². The minimum atomic E-state index is -0.863. The van der Waals surface area contributed by atoms with E-state index in [1.165, 1.54) is 18.1 Å². The van der Waals surface area contributed by atoms with Gasteiger partial charge in [0.25, 0.3) is 0 Å². The Kier molecular flexibility index (Phi) is 4.55.